The molecule has 0 radical (unpaired) electrons. The first-order valence-electron chi connectivity index (χ1n) is 6.54. The van der Waals surface area contributed by atoms with Crippen LogP contribution in [-0.2, 0) is 16.1 Å². The predicted octanol–water partition coefficient (Wildman–Crippen LogP) is 1.70. The smallest absolute Gasteiger partial charge is 0.412 e. The fourth-order valence-electron chi connectivity index (χ4n) is 1.80. The number of hydrogen-bond acceptors (Lipinski definition) is 7. The minimum atomic E-state index is -0.657. The van der Waals surface area contributed by atoms with Gasteiger partial charge >= 0.3 is 6.09 Å². The van der Waals surface area contributed by atoms with Crippen molar-refractivity contribution in [3.8, 4) is 0 Å². The number of amides is 2. The molecule has 2 heterocycles. The van der Waals surface area contributed by atoms with Gasteiger partial charge in [0.25, 0.3) is 0 Å². The van der Waals surface area contributed by atoms with Crippen LogP contribution in [0, 0.1) is 0 Å². The third-order valence-electron chi connectivity index (χ3n) is 2.78. The Bertz CT molecular complexity index is 825. The molecule has 118 valence electrons. The van der Waals surface area contributed by atoms with Crippen LogP contribution in [0.25, 0.3) is 10.2 Å². The van der Waals surface area contributed by atoms with Gasteiger partial charge in [0.15, 0.2) is 10.9 Å². The standard InChI is InChI=1S/C13H12N6O3S/c1-22-13(21)16-10-6-14-19(18-10)7-11(20)17-12-15-8-4-2-3-5-9(8)23-12/h2-6H,7H2,1H3,(H,15,17,20)(H,16,18,21). The molecule has 3 rings (SSSR count). The molecule has 3 aromatic rings. The molecule has 2 amide bonds. The highest BCUT2D eigenvalue weighted by molar-refractivity contribution is 7.22. The van der Waals surface area contributed by atoms with Gasteiger partial charge in [0, 0.05) is 0 Å². The number of para-hydroxylation sites is 1. The summed E-state index contributed by atoms with van der Waals surface area (Å²) in [6.45, 7) is -0.0984. The molecule has 0 atom stereocenters. The zero-order valence-corrected chi connectivity index (χ0v) is 12.8. The Balaban J connectivity index is 1.61. The summed E-state index contributed by atoms with van der Waals surface area (Å²) < 4.78 is 5.43. The second-order valence-electron chi connectivity index (χ2n) is 4.41. The van der Waals surface area contributed by atoms with Gasteiger partial charge in [-0.15, -0.1) is 5.10 Å². The second-order valence-corrected chi connectivity index (χ2v) is 5.44. The predicted molar refractivity (Wildman–Crippen MR) is 84.3 cm³/mol. The first kappa shape index (κ1) is 14.9. The molecule has 0 saturated carbocycles. The second kappa shape index (κ2) is 6.40. The summed E-state index contributed by atoms with van der Waals surface area (Å²) in [5.41, 5.74) is 0.828. The molecule has 0 aliphatic carbocycles. The molecule has 2 aromatic heterocycles. The van der Waals surface area contributed by atoms with Crippen LogP contribution < -0.4 is 10.6 Å². The van der Waals surface area contributed by atoms with Gasteiger partial charge in [0.1, 0.15) is 6.54 Å². The monoisotopic (exact) mass is 332 g/mol. The molecule has 0 spiro atoms. The number of fused-ring (bicyclic) bond motifs is 1. The van der Waals surface area contributed by atoms with Crippen molar-refractivity contribution in [3.05, 3.63) is 30.5 Å². The van der Waals surface area contributed by atoms with Crippen LogP contribution in [0.4, 0.5) is 15.7 Å². The zero-order valence-electron chi connectivity index (χ0n) is 12.0. The Hall–Kier alpha value is -3.01. The van der Waals surface area contributed by atoms with E-state index in [1.165, 1.54) is 24.6 Å². The van der Waals surface area contributed by atoms with Crippen molar-refractivity contribution in [2.45, 2.75) is 6.54 Å². The Labute approximate surface area is 134 Å². The number of thiazole rings is 1. The summed E-state index contributed by atoms with van der Waals surface area (Å²) in [6, 6.07) is 7.61. The molecule has 1 aromatic carbocycles. The van der Waals surface area contributed by atoms with Crippen molar-refractivity contribution >= 4 is 44.5 Å². The third-order valence-corrected chi connectivity index (χ3v) is 3.73. The summed E-state index contributed by atoms with van der Waals surface area (Å²) in [4.78, 5) is 28.5. The normalized spacial score (nSPS) is 10.5. The van der Waals surface area contributed by atoms with Crippen LogP contribution in [0.2, 0.25) is 0 Å². The number of methoxy groups -OCH3 is 1. The van der Waals surface area contributed by atoms with E-state index in [0.717, 1.165) is 15.0 Å². The average molecular weight is 332 g/mol. The van der Waals surface area contributed by atoms with Crippen molar-refractivity contribution in [1.82, 2.24) is 20.0 Å². The molecule has 0 fully saturated rings. The van der Waals surface area contributed by atoms with E-state index in [1.54, 1.807) is 0 Å². The quantitative estimate of drug-likeness (QED) is 0.752. The summed E-state index contributed by atoms with van der Waals surface area (Å²) in [5.74, 6) is -0.117. The van der Waals surface area contributed by atoms with Gasteiger partial charge in [0.05, 0.1) is 23.5 Å². The average Bonchev–Trinajstić information content (AvgIpc) is 3.12. The first-order valence-corrected chi connectivity index (χ1v) is 7.36. The van der Waals surface area contributed by atoms with E-state index in [0.29, 0.717) is 5.13 Å². The van der Waals surface area contributed by atoms with Gasteiger partial charge in [-0.2, -0.15) is 9.90 Å². The lowest BCUT2D eigenvalue weighted by molar-refractivity contribution is -0.117. The van der Waals surface area contributed by atoms with E-state index in [-0.39, 0.29) is 18.3 Å². The van der Waals surface area contributed by atoms with Crippen LogP contribution in [0.5, 0.6) is 0 Å². The fourth-order valence-corrected chi connectivity index (χ4v) is 2.68. The first-order chi connectivity index (χ1) is 11.1. The van der Waals surface area contributed by atoms with E-state index in [1.807, 2.05) is 24.3 Å². The molecule has 10 heteroatoms. The molecular formula is C13H12N6O3S. The summed E-state index contributed by atoms with van der Waals surface area (Å²) >= 11 is 1.39. The number of hydrogen-bond donors (Lipinski definition) is 2. The van der Waals surface area contributed by atoms with Crippen LogP contribution in [0.15, 0.2) is 30.5 Å². The molecule has 2 N–H and O–H groups in total. The molecule has 9 nitrogen and oxygen atoms in total. The van der Waals surface area contributed by atoms with E-state index in [2.05, 4.69) is 30.6 Å². The number of ether oxygens (including phenoxy) is 1. The molecule has 23 heavy (non-hydrogen) atoms. The van der Waals surface area contributed by atoms with Crippen molar-refractivity contribution in [1.29, 1.82) is 0 Å². The van der Waals surface area contributed by atoms with Crippen molar-refractivity contribution in [3.63, 3.8) is 0 Å². The van der Waals surface area contributed by atoms with Gasteiger partial charge in [0.2, 0.25) is 5.91 Å². The van der Waals surface area contributed by atoms with E-state index < -0.39 is 6.09 Å². The minimum Gasteiger partial charge on any atom is -0.453 e. The van der Waals surface area contributed by atoms with Gasteiger partial charge in [-0.25, -0.2) is 9.78 Å². The van der Waals surface area contributed by atoms with Gasteiger partial charge in [-0.05, 0) is 12.1 Å². The topological polar surface area (TPSA) is 111 Å². The van der Waals surface area contributed by atoms with Crippen molar-refractivity contribution < 1.29 is 14.3 Å². The molecule has 0 unspecified atom stereocenters. The van der Waals surface area contributed by atoms with Gasteiger partial charge in [-0.3, -0.25) is 10.1 Å². The maximum atomic E-state index is 12.0. The molecule has 0 aliphatic rings. The lowest BCUT2D eigenvalue weighted by atomic mass is 10.3. The van der Waals surface area contributed by atoms with Gasteiger partial charge in [-0.1, -0.05) is 23.5 Å². The highest BCUT2D eigenvalue weighted by Gasteiger charge is 2.11. The number of anilines is 2. The highest BCUT2D eigenvalue weighted by atomic mass is 32.1. The van der Waals surface area contributed by atoms with Gasteiger partial charge < -0.3 is 10.1 Å². The number of aromatic nitrogens is 4. The molecular weight excluding hydrogens is 320 g/mol. The summed E-state index contributed by atoms with van der Waals surface area (Å²) in [6.07, 6.45) is 0.665. The lowest BCUT2D eigenvalue weighted by Gasteiger charge is -2.00. The maximum Gasteiger partial charge on any atom is 0.412 e. The van der Waals surface area contributed by atoms with Crippen molar-refractivity contribution in [2.75, 3.05) is 17.7 Å². The van der Waals surface area contributed by atoms with Crippen molar-refractivity contribution in [2.24, 2.45) is 0 Å². The zero-order chi connectivity index (χ0) is 16.2. The molecule has 0 aliphatic heterocycles. The Morgan fingerprint density at radius 2 is 2.13 bits per heavy atom. The SMILES string of the molecule is COC(=O)Nc1cnn(CC(=O)Nc2nc3ccccc3s2)n1. The van der Waals surface area contributed by atoms with Crippen LogP contribution in [0.1, 0.15) is 0 Å². The number of carbonyl (C=O) groups excluding carboxylic acids is 2. The summed E-state index contributed by atoms with van der Waals surface area (Å²) in [5, 5.41) is 13.4. The maximum absolute atomic E-state index is 12.0. The van der Waals surface area contributed by atoms with Crippen LogP contribution in [0.3, 0.4) is 0 Å². The number of rotatable bonds is 4. The van der Waals surface area contributed by atoms with Crippen LogP contribution >= 0.6 is 11.3 Å². The lowest BCUT2D eigenvalue weighted by Crippen LogP contribution is -2.20. The Morgan fingerprint density at radius 1 is 1.30 bits per heavy atom. The molecule has 0 bridgehead atoms. The van der Waals surface area contributed by atoms with E-state index >= 15 is 0 Å². The number of nitrogens with zero attached hydrogens (tertiary/aromatic N) is 4. The summed E-state index contributed by atoms with van der Waals surface area (Å²) in [7, 11) is 1.24. The molecule has 0 saturated heterocycles. The third kappa shape index (κ3) is 3.61. The number of nitrogens with one attached hydrogen (secondary N) is 2. The van der Waals surface area contributed by atoms with Crippen LogP contribution in [-0.4, -0.2) is 39.1 Å². The number of benzene rings is 1. The highest BCUT2D eigenvalue weighted by Crippen LogP contribution is 2.25. The van der Waals surface area contributed by atoms with E-state index in [4.69, 9.17) is 0 Å². The van der Waals surface area contributed by atoms with E-state index in [9.17, 15) is 9.59 Å². The Kier molecular flexibility index (Phi) is 4.15. The Morgan fingerprint density at radius 3 is 2.91 bits per heavy atom. The largest absolute Gasteiger partial charge is 0.453 e. The fraction of sp³-hybridized carbons (Fsp3) is 0.154. The number of carbonyl (C=O) groups is 2. The minimum absolute atomic E-state index is 0.0984.